The molecule has 1 spiro atoms. The number of pyridine rings is 1. The Balaban J connectivity index is 1.42. The van der Waals surface area contributed by atoms with E-state index in [0.29, 0.717) is 12.8 Å². The number of nitriles is 1. The van der Waals surface area contributed by atoms with E-state index in [-0.39, 0.29) is 22.3 Å². The average molecular weight is 456 g/mol. The number of piperazine rings is 1. The summed E-state index contributed by atoms with van der Waals surface area (Å²) in [4.78, 5) is 21.1. The highest BCUT2D eigenvalue weighted by Crippen LogP contribution is 2.60. The van der Waals surface area contributed by atoms with Crippen molar-refractivity contribution in [1.82, 2.24) is 15.2 Å². The van der Waals surface area contributed by atoms with Gasteiger partial charge in [-0.25, -0.2) is 4.98 Å². The molecule has 1 N–H and O–H groups in total. The van der Waals surface area contributed by atoms with E-state index in [2.05, 4.69) is 20.1 Å². The quantitative estimate of drug-likeness (QED) is 0.586. The van der Waals surface area contributed by atoms with Crippen molar-refractivity contribution in [3.8, 4) is 6.07 Å². The number of nitrogens with one attached hydrogen (secondary N) is 1. The van der Waals surface area contributed by atoms with Crippen molar-refractivity contribution in [2.75, 3.05) is 9.80 Å². The second-order valence-electron chi connectivity index (χ2n) is 8.19. The molecule has 1 saturated carbocycles. The van der Waals surface area contributed by atoms with Gasteiger partial charge in [0.1, 0.15) is 22.4 Å². The van der Waals surface area contributed by atoms with E-state index in [1.165, 1.54) is 28.9 Å². The van der Waals surface area contributed by atoms with E-state index in [0.717, 1.165) is 29.1 Å². The molecule has 32 heavy (non-hydrogen) atoms. The molecule has 3 aliphatic rings. The number of benzene rings is 1. The molecule has 4 heterocycles. The van der Waals surface area contributed by atoms with Crippen LogP contribution < -0.4 is 9.80 Å². The highest BCUT2D eigenvalue weighted by molar-refractivity contribution is 8.08. The van der Waals surface area contributed by atoms with Gasteiger partial charge in [-0.2, -0.15) is 23.5 Å². The zero-order chi connectivity index (χ0) is 22.3. The number of nitrogens with zero attached hydrogens (tertiary/aromatic N) is 5. The molecule has 0 bridgehead atoms. The van der Waals surface area contributed by atoms with Crippen molar-refractivity contribution < 1.29 is 18.0 Å². The van der Waals surface area contributed by atoms with Gasteiger partial charge in [0.15, 0.2) is 5.69 Å². The molecule has 2 unspecified atom stereocenters. The predicted molar refractivity (Wildman–Crippen MR) is 112 cm³/mol. The van der Waals surface area contributed by atoms with Crippen LogP contribution in [0.3, 0.4) is 0 Å². The number of carbonyl (C=O) groups excluding carboxylic acids is 1. The Hall–Kier alpha value is -3.26. The summed E-state index contributed by atoms with van der Waals surface area (Å²) in [5, 5.41) is 16.6. The molecule has 3 fully saturated rings. The number of thioether (sulfide) groups is 1. The van der Waals surface area contributed by atoms with Crippen LogP contribution in [0.4, 0.5) is 24.5 Å². The van der Waals surface area contributed by atoms with Crippen LogP contribution in [0.15, 0.2) is 36.7 Å². The monoisotopic (exact) mass is 456 g/mol. The summed E-state index contributed by atoms with van der Waals surface area (Å²) in [5.41, 5.74) is -0.786. The third kappa shape index (κ3) is 2.59. The van der Waals surface area contributed by atoms with Crippen LogP contribution >= 0.6 is 11.8 Å². The van der Waals surface area contributed by atoms with Gasteiger partial charge in [0.2, 0.25) is 0 Å². The molecule has 0 radical (unpaired) electrons. The smallest absolute Gasteiger partial charge is 0.342 e. The van der Waals surface area contributed by atoms with Crippen LogP contribution in [0.25, 0.3) is 10.9 Å². The van der Waals surface area contributed by atoms with E-state index in [1.807, 2.05) is 18.2 Å². The molecule has 1 amide bonds. The molecule has 1 aromatic carbocycles. The second kappa shape index (κ2) is 6.38. The summed E-state index contributed by atoms with van der Waals surface area (Å²) < 4.78 is 40.5. The van der Waals surface area contributed by atoms with Gasteiger partial charge < -0.3 is 4.90 Å². The molecule has 2 saturated heterocycles. The summed E-state index contributed by atoms with van der Waals surface area (Å²) in [6, 6.07) is 8.23. The Morgan fingerprint density at radius 3 is 2.69 bits per heavy atom. The number of hydrogen-bond acceptors (Lipinski definition) is 6. The van der Waals surface area contributed by atoms with Crippen LogP contribution in [0.2, 0.25) is 0 Å². The van der Waals surface area contributed by atoms with Gasteiger partial charge in [0, 0.05) is 11.1 Å². The maximum Gasteiger partial charge on any atom is 0.419 e. The van der Waals surface area contributed by atoms with Crippen molar-refractivity contribution in [2.24, 2.45) is 0 Å². The predicted octanol–water partition coefficient (Wildman–Crippen LogP) is 4.02. The molecular weight excluding hydrogens is 441 g/mol. The van der Waals surface area contributed by atoms with Crippen LogP contribution in [0, 0.1) is 11.3 Å². The molecule has 1 aliphatic carbocycles. The zero-order valence-electron chi connectivity index (χ0n) is 16.4. The van der Waals surface area contributed by atoms with Crippen LogP contribution in [-0.2, 0) is 11.0 Å². The van der Waals surface area contributed by atoms with E-state index >= 15 is 0 Å². The lowest BCUT2D eigenvalue weighted by molar-refractivity contribution is -0.138. The number of fused-ring (bicyclic) bond motifs is 2. The Bertz CT molecular complexity index is 1310. The summed E-state index contributed by atoms with van der Waals surface area (Å²) in [6.07, 6.45) is 0.310. The first kappa shape index (κ1) is 19.4. The van der Waals surface area contributed by atoms with Crippen LogP contribution in [0.1, 0.15) is 30.5 Å². The number of alkyl halides is 3. The fraction of sp³-hybridized carbons (Fsp3) is 0.333. The van der Waals surface area contributed by atoms with Crippen molar-refractivity contribution in [3.63, 3.8) is 0 Å². The number of halogens is 3. The van der Waals surface area contributed by atoms with E-state index in [4.69, 9.17) is 5.26 Å². The Labute approximate surface area is 184 Å². The van der Waals surface area contributed by atoms with Gasteiger partial charge in [-0.05, 0) is 43.5 Å². The number of hydrogen-bond donors (Lipinski definition) is 1. The van der Waals surface area contributed by atoms with Gasteiger partial charge in [0.25, 0.3) is 5.91 Å². The van der Waals surface area contributed by atoms with E-state index < -0.39 is 23.0 Å². The fourth-order valence-electron chi connectivity index (χ4n) is 4.75. The van der Waals surface area contributed by atoms with Gasteiger partial charge in [0.05, 0.1) is 29.2 Å². The average Bonchev–Trinajstić information content (AvgIpc) is 3.36. The molecule has 6 rings (SSSR count). The maximum atomic E-state index is 13.8. The molecule has 7 nitrogen and oxygen atoms in total. The third-order valence-corrected chi connectivity index (χ3v) is 7.66. The lowest BCUT2D eigenvalue weighted by Crippen LogP contribution is -2.69. The van der Waals surface area contributed by atoms with Crippen molar-refractivity contribution >= 4 is 39.9 Å². The minimum atomic E-state index is -4.73. The lowest BCUT2D eigenvalue weighted by Gasteiger charge is -2.54. The number of rotatable bonds is 2. The molecule has 3 aromatic rings. The first-order chi connectivity index (χ1) is 15.3. The van der Waals surface area contributed by atoms with E-state index in [1.54, 1.807) is 6.20 Å². The topological polar surface area (TPSA) is 88.9 Å². The third-order valence-electron chi connectivity index (χ3n) is 6.48. The highest BCUT2D eigenvalue weighted by atomic mass is 32.2. The van der Waals surface area contributed by atoms with Gasteiger partial charge in [-0.1, -0.05) is 0 Å². The van der Waals surface area contributed by atoms with Crippen LogP contribution in [0.5, 0.6) is 0 Å². The summed E-state index contributed by atoms with van der Waals surface area (Å²) >= 11 is 1.52. The number of amides is 1. The number of anilines is 2. The first-order valence-electron chi connectivity index (χ1n) is 10.0. The molecule has 2 aliphatic heterocycles. The molecule has 2 aromatic heterocycles. The van der Waals surface area contributed by atoms with Crippen LogP contribution in [-0.4, -0.2) is 37.4 Å². The first-order valence-corrected chi connectivity index (χ1v) is 11.0. The maximum absolute atomic E-state index is 13.8. The summed E-state index contributed by atoms with van der Waals surface area (Å²) in [6.45, 7) is 0. The van der Waals surface area contributed by atoms with Gasteiger partial charge in [-0.3, -0.25) is 14.8 Å². The Morgan fingerprint density at radius 2 is 2.00 bits per heavy atom. The molecule has 2 atom stereocenters. The summed E-state index contributed by atoms with van der Waals surface area (Å²) in [7, 11) is 0. The minimum absolute atomic E-state index is 0.0710. The standard InChI is InChI=1S/C21H15F3N6OS/c22-21(23,24)14-6-13(10-26-16(14)8-25)29-17-18(32-17)30(20(19(29)31)4-1-5-20)12-3-2-11-9-27-28-15(11)7-12/h2-3,6-7,9-10,17-18H,1,4-5H2,(H,27,28). The Morgan fingerprint density at radius 1 is 1.19 bits per heavy atom. The van der Waals surface area contributed by atoms with Crippen molar-refractivity contribution in [3.05, 3.63) is 47.9 Å². The number of aromatic amines is 1. The Kier molecular flexibility index (Phi) is 3.88. The minimum Gasteiger partial charge on any atom is -0.342 e. The molecule has 11 heteroatoms. The highest BCUT2D eigenvalue weighted by Gasteiger charge is 2.66. The number of aromatic nitrogens is 3. The van der Waals surface area contributed by atoms with Crippen molar-refractivity contribution in [1.29, 1.82) is 5.26 Å². The van der Waals surface area contributed by atoms with Gasteiger partial charge in [-0.15, -0.1) is 11.8 Å². The SMILES string of the molecule is N#Cc1ncc(N2C(=O)C3(CCC3)N(c3ccc4cn[nH]c4c3)C3SC32)cc1C(F)(F)F. The largest absolute Gasteiger partial charge is 0.419 e. The van der Waals surface area contributed by atoms with E-state index in [9.17, 15) is 18.0 Å². The molecular formula is C21H15F3N6OS. The zero-order valence-corrected chi connectivity index (χ0v) is 17.2. The molecule has 162 valence electrons. The fourth-order valence-corrected chi connectivity index (χ4v) is 5.97. The van der Waals surface area contributed by atoms with Gasteiger partial charge >= 0.3 is 6.18 Å². The normalized spacial score (nSPS) is 23.8. The van der Waals surface area contributed by atoms with Crippen molar-refractivity contribution in [2.45, 2.75) is 41.7 Å². The summed E-state index contributed by atoms with van der Waals surface area (Å²) in [5.74, 6) is -0.223. The number of H-pyrrole nitrogens is 1. The second-order valence-corrected chi connectivity index (χ2v) is 9.43. The number of carbonyl (C=O) groups is 1. The lowest BCUT2D eigenvalue weighted by atomic mass is 9.72.